The SMILES string of the molecule is COc1ccc(C(NN)c2ccc(F)c(Cl)c2)cc1. The fourth-order valence-corrected chi connectivity index (χ4v) is 2.06. The molecule has 1 atom stereocenters. The van der Waals surface area contributed by atoms with Gasteiger partial charge in [-0.3, -0.25) is 5.84 Å². The number of methoxy groups -OCH3 is 1. The van der Waals surface area contributed by atoms with Gasteiger partial charge in [0.2, 0.25) is 0 Å². The van der Waals surface area contributed by atoms with Crippen LogP contribution in [0.15, 0.2) is 42.5 Å². The van der Waals surface area contributed by atoms with E-state index in [1.165, 1.54) is 6.07 Å². The van der Waals surface area contributed by atoms with Gasteiger partial charge in [-0.1, -0.05) is 29.8 Å². The molecule has 3 nitrogen and oxygen atoms in total. The first-order valence-electron chi connectivity index (χ1n) is 5.70. The first-order valence-corrected chi connectivity index (χ1v) is 6.08. The normalized spacial score (nSPS) is 12.2. The van der Waals surface area contributed by atoms with Crippen LogP contribution in [-0.2, 0) is 0 Å². The Labute approximate surface area is 116 Å². The van der Waals surface area contributed by atoms with Gasteiger partial charge in [0.1, 0.15) is 11.6 Å². The number of benzene rings is 2. The fraction of sp³-hybridized carbons (Fsp3) is 0.143. The van der Waals surface area contributed by atoms with Crippen LogP contribution in [0.25, 0.3) is 0 Å². The highest BCUT2D eigenvalue weighted by molar-refractivity contribution is 6.30. The first kappa shape index (κ1) is 13.8. The quantitative estimate of drug-likeness (QED) is 0.668. The second-order valence-electron chi connectivity index (χ2n) is 4.05. The lowest BCUT2D eigenvalue weighted by Gasteiger charge is -2.17. The number of halogens is 2. The largest absolute Gasteiger partial charge is 0.497 e. The fourth-order valence-electron chi connectivity index (χ4n) is 1.87. The molecular weight excluding hydrogens is 267 g/mol. The van der Waals surface area contributed by atoms with Crippen molar-refractivity contribution in [3.63, 3.8) is 0 Å². The van der Waals surface area contributed by atoms with E-state index in [9.17, 15) is 4.39 Å². The van der Waals surface area contributed by atoms with E-state index in [0.717, 1.165) is 16.9 Å². The Bertz CT molecular complexity index is 560. The molecule has 0 spiro atoms. The Morgan fingerprint density at radius 3 is 2.32 bits per heavy atom. The molecule has 2 rings (SSSR count). The topological polar surface area (TPSA) is 47.3 Å². The second kappa shape index (κ2) is 6.02. The molecule has 2 aromatic carbocycles. The van der Waals surface area contributed by atoms with Crippen LogP contribution < -0.4 is 16.0 Å². The number of hydrogen-bond acceptors (Lipinski definition) is 3. The van der Waals surface area contributed by atoms with Crippen LogP contribution in [0.4, 0.5) is 4.39 Å². The maximum atomic E-state index is 13.2. The van der Waals surface area contributed by atoms with E-state index >= 15 is 0 Å². The Kier molecular flexibility index (Phi) is 4.37. The lowest BCUT2D eigenvalue weighted by Crippen LogP contribution is -2.28. The van der Waals surface area contributed by atoms with Crippen molar-refractivity contribution in [3.8, 4) is 5.75 Å². The van der Waals surface area contributed by atoms with Gasteiger partial charge < -0.3 is 4.74 Å². The molecule has 0 saturated carbocycles. The van der Waals surface area contributed by atoms with Crippen LogP contribution in [-0.4, -0.2) is 7.11 Å². The molecule has 0 amide bonds. The minimum atomic E-state index is -0.448. The summed E-state index contributed by atoms with van der Waals surface area (Å²) < 4.78 is 18.3. The van der Waals surface area contributed by atoms with Crippen molar-refractivity contribution in [2.75, 3.05) is 7.11 Å². The summed E-state index contributed by atoms with van der Waals surface area (Å²) in [5.74, 6) is 5.89. The van der Waals surface area contributed by atoms with E-state index in [0.29, 0.717) is 0 Å². The molecule has 3 N–H and O–H groups in total. The molecule has 0 aromatic heterocycles. The van der Waals surface area contributed by atoms with Gasteiger partial charge in [0.25, 0.3) is 0 Å². The number of rotatable bonds is 4. The Morgan fingerprint density at radius 1 is 1.16 bits per heavy atom. The highest BCUT2D eigenvalue weighted by atomic mass is 35.5. The van der Waals surface area contributed by atoms with Crippen LogP contribution in [0.1, 0.15) is 17.2 Å². The predicted molar refractivity (Wildman–Crippen MR) is 73.6 cm³/mol. The van der Waals surface area contributed by atoms with Gasteiger partial charge in [0, 0.05) is 0 Å². The average Bonchev–Trinajstić information content (AvgIpc) is 2.44. The summed E-state index contributed by atoms with van der Waals surface area (Å²) in [4.78, 5) is 0. The molecule has 0 aliphatic heterocycles. The summed E-state index contributed by atoms with van der Waals surface area (Å²) in [6, 6.07) is 11.7. The number of hydrazine groups is 1. The zero-order valence-corrected chi connectivity index (χ0v) is 11.1. The van der Waals surface area contributed by atoms with Crippen molar-refractivity contribution in [1.29, 1.82) is 0 Å². The molecule has 0 heterocycles. The van der Waals surface area contributed by atoms with Gasteiger partial charge in [-0.05, 0) is 35.4 Å². The summed E-state index contributed by atoms with van der Waals surface area (Å²) in [7, 11) is 1.60. The van der Waals surface area contributed by atoms with Crippen LogP contribution in [0.3, 0.4) is 0 Å². The van der Waals surface area contributed by atoms with Crippen molar-refractivity contribution >= 4 is 11.6 Å². The average molecular weight is 281 g/mol. The molecule has 0 saturated heterocycles. The van der Waals surface area contributed by atoms with Crippen LogP contribution in [0.2, 0.25) is 5.02 Å². The minimum Gasteiger partial charge on any atom is -0.497 e. The van der Waals surface area contributed by atoms with Crippen molar-refractivity contribution in [2.24, 2.45) is 5.84 Å². The molecule has 5 heteroatoms. The lowest BCUT2D eigenvalue weighted by molar-refractivity contribution is 0.414. The third-order valence-electron chi connectivity index (χ3n) is 2.89. The van der Waals surface area contributed by atoms with E-state index in [4.69, 9.17) is 22.2 Å². The van der Waals surface area contributed by atoms with E-state index in [-0.39, 0.29) is 11.1 Å². The van der Waals surface area contributed by atoms with Crippen molar-refractivity contribution in [3.05, 3.63) is 64.4 Å². The molecule has 0 bridgehead atoms. The van der Waals surface area contributed by atoms with Gasteiger partial charge in [-0.25, -0.2) is 9.82 Å². The molecule has 2 aromatic rings. The highest BCUT2D eigenvalue weighted by Gasteiger charge is 2.14. The zero-order valence-electron chi connectivity index (χ0n) is 10.4. The zero-order chi connectivity index (χ0) is 13.8. The summed E-state index contributed by atoms with van der Waals surface area (Å²) >= 11 is 5.79. The van der Waals surface area contributed by atoms with Gasteiger partial charge in [0.15, 0.2) is 0 Å². The molecule has 0 aliphatic carbocycles. The summed E-state index contributed by atoms with van der Waals surface area (Å²) in [5, 5.41) is 0.0752. The van der Waals surface area contributed by atoms with E-state index < -0.39 is 5.82 Å². The molecule has 0 aliphatic rings. The lowest BCUT2D eigenvalue weighted by atomic mass is 9.99. The summed E-state index contributed by atoms with van der Waals surface area (Å²) in [6.07, 6.45) is 0. The molecule has 100 valence electrons. The highest BCUT2D eigenvalue weighted by Crippen LogP contribution is 2.26. The number of hydrogen-bond donors (Lipinski definition) is 2. The molecule has 0 fully saturated rings. The van der Waals surface area contributed by atoms with Gasteiger partial charge in [-0.2, -0.15) is 0 Å². The first-order chi connectivity index (χ1) is 9.15. The maximum Gasteiger partial charge on any atom is 0.141 e. The van der Waals surface area contributed by atoms with E-state index in [1.807, 2.05) is 24.3 Å². The Balaban J connectivity index is 2.34. The monoisotopic (exact) mass is 280 g/mol. The van der Waals surface area contributed by atoms with Crippen LogP contribution in [0.5, 0.6) is 5.75 Å². The Hall–Kier alpha value is -1.62. The van der Waals surface area contributed by atoms with Gasteiger partial charge >= 0.3 is 0 Å². The standard InChI is InChI=1S/C14H14ClFN2O/c1-19-11-5-2-9(3-6-11)14(18-17)10-4-7-13(16)12(15)8-10/h2-8,14,18H,17H2,1H3. The molecule has 0 radical (unpaired) electrons. The van der Waals surface area contributed by atoms with Crippen LogP contribution >= 0.6 is 11.6 Å². The second-order valence-corrected chi connectivity index (χ2v) is 4.45. The van der Waals surface area contributed by atoms with E-state index in [2.05, 4.69) is 5.43 Å². The van der Waals surface area contributed by atoms with Crippen molar-refractivity contribution in [2.45, 2.75) is 6.04 Å². The third kappa shape index (κ3) is 3.04. The molecule has 19 heavy (non-hydrogen) atoms. The Morgan fingerprint density at radius 2 is 1.79 bits per heavy atom. The van der Waals surface area contributed by atoms with Crippen molar-refractivity contribution < 1.29 is 9.13 Å². The van der Waals surface area contributed by atoms with Gasteiger partial charge in [-0.15, -0.1) is 0 Å². The van der Waals surface area contributed by atoms with E-state index in [1.54, 1.807) is 19.2 Å². The summed E-state index contributed by atoms with van der Waals surface area (Å²) in [5.41, 5.74) is 4.42. The van der Waals surface area contributed by atoms with Crippen LogP contribution in [0, 0.1) is 5.82 Å². The summed E-state index contributed by atoms with van der Waals surface area (Å²) in [6.45, 7) is 0. The number of nitrogens with one attached hydrogen (secondary N) is 1. The van der Waals surface area contributed by atoms with Crippen molar-refractivity contribution in [1.82, 2.24) is 5.43 Å². The smallest absolute Gasteiger partial charge is 0.141 e. The number of nitrogens with two attached hydrogens (primary N) is 1. The molecule has 1 unspecified atom stereocenters. The number of ether oxygens (including phenoxy) is 1. The maximum absolute atomic E-state index is 13.2. The minimum absolute atomic E-state index is 0.0752. The van der Waals surface area contributed by atoms with Gasteiger partial charge in [0.05, 0.1) is 18.2 Å². The predicted octanol–water partition coefficient (Wildman–Crippen LogP) is 3.04. The third-order valence-corrected chi connectivity index (χ3v) is 3.18. The molecular formula is C14H14ClFN2O.